The molecule has 3 rings (SSSR count). The van der Waals surface area contributed by atoms with Crippen LogP contribution in [-0.4, -0.2) is 30.4 Å². The third-order valence-corrected chi connectivity index (χ3v) is 5.19. The van der Waals surface area contributed by atoms with Gasteiger partial charge in [0.05, 0.1) is 29.2 Å². The number of benzene rings is 2. The highest BCUT2D eigenvalue weighted by Crippen LogP contribution is 2.32. The predicted octanol–water partition coefficient (Wildman–Crippen LogP) is 2.70. The van der Waals surface area contributed by atoms with Gasteiger partial charge in [0.15, 0.2) is 0 Å². The molecule has 3 aromatic rings. The highest BCUT2D eigenvalue weighted by Gasteiger charge is 2.31. The van der Waals surface area contributed by atoms with E-state index in [0.717, 1.165) is 29.1 Å². The fourth-order valence-corrected chi connectivity index (χ4v) is 3.63. The third kappa shape index (κ3) is 6.13. The molecule has 34 heavy (non-hydrogen) atoms. The van der Waals surface area contributed by atoms with Gasteiger partial charge in [0.2, 0.25) is 10.0 Å². The van der Waals surface area contributed by atoms with Crippen molar-refractivity contribution < 1.29 is 26.4 Å². The van der Waals surface area contributed by atoms with E-state index >= 15 is 0 Å². The molecule has 13 heteroatoms. The predicted molar refractivity (Wildman–Crippen MR) is 120 cm³/mol. The number of sulfonamides is 1. The first kappa shape index (κ1) is 24.8. The number of nitrogens with zero attached hydrogens (tertiary/aromatic N) is 2. The van der Waals surface area contributed by atoms with Gasteiger partial charge >= 0.3 is 6.18 Å². The first-order valence-corrected chi connectivity index (χ1v) is 11.6. The number of carbonyl (C=O) groups is 1. The molecule has 1 atom stereocenters. The molecule has 0 saturated carbocycles. The van der Waals surface area contributed by atoms with Crippen LogP contribution in [0, 0.1) is 0 Å². The molecule has 0 spiro atoms. The first-order valence-electron chi connectivity index (χ1n) is 9.70. The van der Waals surface area contributed by atoms with Gasteiger partial charge in [0.1, 0.15) is 5.69 Å². The Hall–Kier alpha value is -3.87. The van der Waals surface area contributed by atoms with Gasteiger partial charge in [-0.1, -0.05) is 6.07 Å². The summed E-state index contributed by atoms with van der Waals surface area (Å²) in [5.41, 5.74) is 4.25. The zero-order valence-electron chi connectivity index (χ0n) is 17.9. The fourth-order valence-electron chi connectivity index (χ4n) is 3.08. The smallest absolute Gasteiger partial charge is 0.399 e. The fraction of sp³-hybridized carbons (Fsp3) is 0.190. The van der Waals surface area contributed by atoms with Crippen molar-refractivity contribution in [3.05, 3.63) is 81.8 Å². The van der Waals surface area contributed by atoms with E-state index in [4.69, 9.17) is 5.73 Å². The number of nitrogens with two attached hydrogens (primary N) is 1. The summed E-state index contributed by atoms with van der Waals surface area (Å²) in [6.07, 6.45) is -3.64. The van der Waals surface area contributed by atoms with Crippen LogP contribution in [0.5, 0.6) is 0 Å². The highest BCUT2D eigenvalue weighted by atomic mass is 32.2. The Morgan fingerprint density at radius 1 is 1.12 bits per heavy atom. The quantitative estimate of drug-likeness (QED) is 0.450. The number of hydrogen-bond acceptors (Lipinski definition) is 6. The molecular weight excluding hydrogens is 475 g/mol. The lowest BCUT2D eigenvalue weighted by Gasteiger charge is -2.17. The minimum absolute atomic E-state index is 0.111. The molecule has 1 heterocycles. The van der Waals surface area contributed by atoms with Crippen LogP contribution < -0.4 is 21.3 Å². The molecule has 9 nitrogen and oxygen atoms in total. The van der Waals surface area contributed by atoms with Gasteiger partial charge in [0, 0.05) is 11.8 Å². The van der Waals surface area contributed by atoms with Crippen LogP contribution in [0.25, 0.3) is 5.69 Å². The number of amides is 1. The summed E-state index contributed by atoms with van der Waals surface area (Å²) in [4.78, 5) is 25.0. The van der Waals surface area contributed by atoms with Gasteiger partial charge in [-0.2, -0.15) is 23.0 Å². The summed E-state index contributed by atoms with van der Waals surface area (Å²) in [7, 11) is -3.56. The van der Waals surface area contributed by atoms with Crippen molar-refractivity contribution in [2.75, 3.05) is 16.7 Å². The van der Waals surface area contributed by atoms with Gasteiger partial charge in [-0.15, -0.1) is 0 Å². The van der Waals surface area contributed by atoms with Crippen molar-refractivity contribution in [2.24, 2.45) is 0 Å². The summed E-state index contributed by atoms with van der Waals surface area (Å²) >= 11 is 0. The highest BCUT2D eigenvalue weighted by molar-refractivity contribution is 7.92. The van der Waals surface area contributed by atoms with Crippen LogP contribution in [0.15, 0.2) is 59.4 Å². The molecular formula is C21H20F3N5O4S. The summed E-state index contributed by atoms with van der Waals surface area (Å²) in [6, 6.07) is 10.2. The number of aromatic nitrogens is 2. The second-order valence-electron chi connectivity index (χ2n) is 7.47. The van der Waals surface area contributed by atoms with Crippen molar-refractivity contribution in [1.82, 2.24) is 15.1 Å². The minimum Gasteiger partial charge on any atom is -0.399 e. The summed E-state index contributed by atoms with van der Waals surface area (Å²) in [5, 5.41) is 6.54. The largest absolute Gasteiger partial charge is 0.416 e. The Balaban J connectivity index is 1.88. The van der Waals surface area contributed by atoms with E-state index in [1.54, 1.807) is 0 Å². The van der Waals surface area contributed by atoms with Crippen LogP contribution >= 0.6 is 0 Å². The molecule has 2 aromatic carbocycles. The maximum Gasteiger partial charge on any atom is 0.416 e. The van der Waals surface area contributed by atoms with Crippen molar-refractivity contribution in [1.29, 1.82) is 0 Å². The van der Waals surface area contributed by atoms with Gasteiger partial charge in [-0.05, 0) is 55.0 Å². The Bertz CT molecular complexity index is 1400. The van der Waals surface area contributed by atoms with Crippen molar-refractivity contribution in [3.63, 3.8) is 0 Å². The maximum atomic E-state index is 13.1. The van der Waals surface area contributed by atoms with E-state index in [-0.39, 0.29) is 28.3 Å². The number of halogens is 3. The van der Waals surface area contributed by atoms with Crippen LogP contribution in [0.1, 0.15) is 34.6 Å². The van der Waals surface area contributed by atoms with Gasteiger partial charge in [-0.3, -0.25) is 14.3 Å². The average molecular weight is 495 g/mol. The van der Waals surface area contributed by atoms with E-state index in [1.165, 1.54) is 43.3 Å². The Morgan fingerprint density at radius 2 is 1.82 bits per heavy atom. The molecule has 0 radical (unpaired) electrons. The van der Waals surface area contributed by atoms with E-state index in [9.17, 15) is 31.2 Å². The molecule has 0 saturated heterocycles. The van der Waals surface area contributed by atoms with Crippen LogP contribution in [0.3, 0.4) is 0 Å². The van der Waals surface area contributed by atoms with E-state index in [1.807, 2.05) is 0 Å². The molecule has 0 bridgehead atoms. The van der Waals surface area contributed by atoms with Crippen molar-refractivity contribution in [2.45, 2.75) is 19.1 Å². The van der Waals surface area contributed by atoms with E-state index in [0.29, 0.717) is 0 Å². The topological polar surface area (TPSA) is 136 Å². The Morgan fingerprint density at radius 3 is 2.47 bits per heavy atom. The number of anilines is 2. The lowest BCUT2D eigenvalue weighted by atomic mass is 10.0. The molecule has 0 aliphatic rings. The molecule has 1 amide bonds. The van der Waals surface area contributed by atoms with Gasteiger partial charge < -0.3 is 11.1 Å². The monoisotopic (exact) mass is 495 g/mol. The number of hydrogen-bond donors (Lipinski definition) is 3. The lowest BCUT2D eigenvalue weighted by Crippen LogP contribution is -2.31. The molecule has 1 aromatic heterocycles. The van der Waals surface area contributed by atoms with Gasteiger partial charge in [-0.25, -0.2) is 8.42 Å². The molecule has 4 N–H and O–H groups in total. The Labute approximate surface area is 192 Å². The third-order valence-electron chi connectivity index (χ3n) is 4.58. The Kier molecular flexibility index (Phi) is 6.68. The average Bonchev–Trinajstić information content (AvgIpc) is 2.71. The summed E-state index contributed by atoms with van der Waals surface area (Å²) in [5.74, 6) is -0.748. The number of nitrogen functional groups attached to an aromatic ring is 1. The van der Waals surface area contributed by atoms with Crippen molar-refractivity contribution in [3.8, 4) is 5.69 Å². The standard InChI is InChI=1S/C21H20F3N5O4S/c1-12(13-8-14(21(22,23)24)10-15(25)9-13)26-20(31)18-6-7-19(30)29(27-18)17-5-3-4-16(11-17)28-34(2,32)33/h3-12,28H,25H2,1-2H3,(H,26,31)/t12-/m1/s1. The van der Waals surface area contributed by atoms with Crippen LogP contribution in [0.2, 0.25) is 0 Å². The SMILES string of the molecule is C[C@@H](NC(=O)c1ccc(=O)n(-c2cccc(NS(C)(=O)=O)c2)n1)c1cc(N)cc(C(F)(F)F)c1. The summed E-state index contributed by atoms with van der Waals surface area (Å²) < 4.78 is 65.3. The normalized spacial score (nSPS) is 12.7. The second-order valence-corrected chi connectivity index (χ2v) is 9.22. The molecule has 0 aliphatic carbocycles. The van der Waals surface area contributed by atoms with Crippen LogP contribution in [-0.2, 0) is 16.2 Å². The summed E-state index contributed by atoms with van der Waals surface area (Å²) in [6.45, 7) is 1.48. The molecule has 0 aliphatic heterocycles. The number of nitrogens with one attached hydrogen (secondary N) is 2. The first-order chi connectivity index (χ1) is 15.7. The molecule has 0 unspecified atom stereocenters. The van der Waals surface area contributed by atoms with Gasteiger partial charge in [0.25, 0.3) is 11.5 Å². The molecule has 180 valence electrons. The minimum atomic E-state index is -4.61. The number of alkyl halides is 3. The zero-order chi connectivity index (χ0) is 25.3. The van der Waals surface area contributed by atoms with Crippen LogP contribution in [0.4, 0.5) is 24.5 Å². The second kappa shape index (κ2) is 9.17. The molecule has 0 fully saturated rings. The zero-order valence-corrected chi connectivity index (χ0v) is 18.7. The van der Waals surface area contributed by atoms with Crippen molar-refractivity contribution >= 4 is 27.3 Å². The number of rotatable bonds is 6. The lowest BCUT2D eigenvalue weighted by molar-refractivity contribution is -0.137. The van der Waals surface area contributed by atoms with E-state index < -0.39 is 39.3 Å². The number of carbonyl (C=O) groups excluding carboxylic acids is 1. The maximum absolute atomic E-state index is 13.1. The van der Waals surface area contributed by atoms with E-state index in [2.05, 4.69) is 15.1 Å².